The summed E-state index contributed by atoms with van der Waals surface area (Å²) in [6, 6.07) is 10.4. The zero-order valence-electron chi connectivity index (χ0n) is 11.8. The van der Waals surface area contributed by atoms with Crippen molar-refractivity contribution in [2.24, 2.45) is 5.16 Å². The van der Waals surface area contributed by atoms with Crippen LogP contribution in [0.25, 0.3) is 6.08 Å². The van der Waals surface area contributed by atoms with E-state index in [0.717, 1.165) is 25.1 Å². The van der Waals surface area contributed by atoms with Crippen LogP contribution in [0, 0.1) is 0 Å². The highest BCUT2D eigenvalue weighted by Crippen LogP contribution is 2.24. The molecule has 2 rings (SSSR count). The van der Waals surface area contributed by atoms with Crippen LogP contribution in [0.3, 0.4) is 0 Å². The number of rotatable bonds is 5. The second kappa shape index (κ2) is 7.10. The van der Waals surface area contributed by atoms with Crippen molar-refractivity contribution in [1.82, 2.24) is 4.90 Å². The summed E-state index contributed by atoms with van der Waals surface area (Å²) in [5, 5.41) is 4.29. The molecular formula is C16H22N2O. The van der Waals surface area contributed by atoms with Crippen LogP contribution in [0.15, 0.2) is 41.1 Å². The van der Waals surface area contributed by atoms with Gasteiger partial charge in [-0.2, -0.15) is 0 Å². The summed E-state index contributed by atoms with van der Waals surface area (Å²) in [5.74, 6) is 0. The first-order valence-corrected chi connectivity index (χ1v) is 6.85. The molecular weight excluding hydrogens is 236 g/mol. The zero-order valence-corrected chi connectivity index (χ0v) is 11.8. The highest BCUT2D eigenvalue weighted by molar-refractivity contribution is 6.05. The van der Waals surface area contributed by atoms with Gasteiger partial charge < -0.3 is 9.74 Å². The molecule has 1 fully saturated rings. The van der Waals surface area contributed by atoms with Crippen molar-refractivity contribution >= 4 is 11.8 Å². The molecule has 0 unspecified atom stereocenters. The Hall–Kier alpha value is -1.61. The van der Waals surface area contributed by atoms with E-state index in [1.54, 1.807) is 0 Å². The van der Waals surface area contributed by atoms with Gasteiger partial charge in [0.2, 0.25) is 0 Å². The Balaban J connectivity index is 1.97. The molecule has 1 aromatic carbocycles. The fraction of sp³-hybridized carbons (Fsp3) is 0.438. The van der Waals surface area contributed by atoms with Gasteiger partial charge in [0, 0.05) is 6.54 Å². The predicted octanol–water partition coefficient (Wildman–Crippen LogP) is 3.19. The van der Waals surface area contributed by atoms with Crippen LogP contribution in [0.1, 0.15) is 24.8 Å². The minimum absolute atomic E-state index is 0.648. The first-order valence-electron chi connectivity index (χ1n) is 6.85. The number of benzene rings is 1. The molecule has 0 bridgehead atoms. The Morgan fingerprint density at radius 3 is 2.74 bits per heavy atom. The van der Waals surface area contributed by atoms with E-state index < -0.39 is 0 Å². The number of allylic oxidation sites excluding steroid dienone is 1. The predicted molar refractivity (Wildman–Crippen MR) is 80.2 cm³/mol. The van der Waals surface area contributed by atoms with Crippen LogP contribution < -0.4 is 0 Å². The van der Waals surface area contributed by atoms with Crippen molar-refractivity contribution in [3.8, 4) is 0 Å². The van der Waals surface area contributed by atoms with Crippen molar-refractivity contribution in [1.29, 1.82) is 0 Å². The minimum atomic E-state index is 0.648. The summed E-state index contributed by atoms with van der Waals surface area (Å²) in [5.41, 5.74) is 3.67. The highest BCUT2D eigenvalue weighted by Gasteiger charge is 2.15. The van der Waals surface area contributed by atoms with E-state index in [9.17, 15) is 0 Å². The van der Waals surface area contributed by atoms with Gasteiger partial charge in [-0.1, -0.05) is 35.5 Å². The summed E-state index contributed by atoms with van der Waals surface area (Å²) >= 11 is 0. The van der Waals surface area contributed by atoms with Crippen molar-refractivity contribution in [2.45, 2.75) is 19.3 Å². The Morgan fingerprint density at radius 1 is 1.21 bits per heavy atom. The van der Waals surface area contributed by atoms with Gasteiger partial charge in [-0.15, -0.1) is 0 Å². The van der Waals surface area contributed by atoms with E-state index in [4.69, 9.17) is 4.84 Å². The Labute approximate surface area is 115 Å². The molecule has 0 aromatic heterocycles. The van der Waals surface area contributed by atoms with Crippen molar-refractivity contribution in [2.75, 3.05) is 27.2 Å². The molecule has 1 aliphatic carbocycles. The maximum atomic E-state index is 5.40. The lowest BCUT2D eigenvalue weighted by Gasteiger charge is -2.08. The van der Waals surface area contributed by atoms with Gasteiger partial charge in [0.25, 0.3) is 0 Å². The number of hydrogen-bond donors (Lipinski definition) is 0. The quantitative estimate of drug-likeness (QED) is 0.598. The molecule has 3 heteroatoms. The largest absolute Gasteiger partial charge is 0.394 e. The van der Waals surface area contributed by atoms with Gasteiger partial charge in [-0.05, 0) is 50.6 Å². The van der Waals surface area contributed by atoms with E-state index >= 15 is 0 Å². The molecule has 19 heavy (non-hydrogen) atoms. The maximum absolute atomic E-state index is 5.40. The summed E-state index contributed by atoms with van der Waals surface area (Å²) in [7, 11) is 4.07. The van der Waals surface area contributed by atoms with E-state index in [1.807, 2.05) is 20.2 Å². The second-order valence-electron chi connectivity index (χ2n) is 5.11. The molecule has 0 radical (unpaired) electrons. The zero-order chi connectivity index (χ0) is 13.5. The topological polar surface area (TPSA) is 24.8 Å². The number of oxime groups is 1. The number of nitrogens with zero attached hydrogens (tertiary/aromatic N) is 2. The molecule has 0 saturated heterocycles. The van der Waals surface area contributed by atoms with E-state index in [2.05, 4.69) is 40.4 Å². The van der Waals surface area contributed by atoms with Crippen molar-refractivity contribution in [3.05, 3.63) is 41.5 Å². The Bertz CT molecular complexity index is 449. The average Bonchev–Trinajstić information content (AvgIpc) is 2.83. The van der Waals surface area contributed by atoms with E-state index in [1.165, 1.54) is 17.6 Å². The molecule has 102 valence electrons. The van der Waals surface area contributed by atoms with Gasteiger partial charge in [-0.25, -0.2) is 0 Å². The highest BCUT2D eigenvalue weighted by atomic mass is 16.6. The lowest BCUT2D eigenvalue weighted by Crippen LogP contribution is -2.17. The van der Waals surface area contributed by atoms with Crippen LogP contribution in [0.4, 0.5) is 0 Å². The molecule has 0 amide bonds. The lowest BCUT2D eigenvalue weighted by molar-refractivity contribution is 0.126. The number of likely N-dealkylation sites (N-methyl/N-ethyl adjacent to an activating group) is 1. The molecule has 3 nitrogen and oxygen atoms in total. The van der Waals surface area contributed by atoms with Gasteiger partial charge in [-0.3, -0.25) is 0 Å². The van der Waals surface area contributed by atoms with Crippen LogP contribution >= 0.6 is 0 Å². The fourth-order valence-electron chi connectivity index (χ4n) is 2.11. The molecule has 1 aromatic rings. The molecule has 0 atom stereocenters. The van der Waals surface area contributed by atoms with Gasteiger partial charge in [0.1, 0.15) is 6.61 Å². The SMILES string of the molecule is CN(C)CCON=C1CCCC1=Cc1ccccc1. The summed E-state index contributed by atoms with van der Waals surface area (Å²) in [4.78, 5) is 7.49. The minimum Gasteiger partial charge on any atom is -0.394 e. The summed E-state index contributed by atoms with van der Waals surface area (Å²) in [6.45, 7) is 1.55. The molecule has 0 spiro atoms. The molecule has 0 N–H and O–H groups in total. The van der Waals surface area contributed by atoms with E-state index in [0.29, 0.717) is 6.61 Å². The van der Waals surface area contributed by atoms with E-state index in [-0.39, 0.29) is 0 Å². The Morgan fingerprint density at radius 2 is 2.00 bits per heavy atom. The second-order valence-corrected chi connectivity index (χ2v) is 5.11. The van der Waals surface area contributed by atoms with Gasteiger partial charge in [0.05, 0.1) is 5.71 Å². The maximum Gasteiger partial charge on any atom is 0.129 e. The third-order valence-corrected chi connectivity index (χ3v) is 3.18. The lowest BCUT2D eigenvalue weighted by atomic mass is 10.1. The van der Waals surface area contributed by atoms with Crippen molar-refractivity contribution in [3.63, 3.8) is 0 Å². The fourth-order valence-corrected chi connectivity index (χ4v) is 2.11. The van der Waals surface area contributed by atoms with Crippen molar-refractivity contribution < 1.29 is 4.84 Å². The Kier molecular flexibility index (Phi) is 5.16. The van der Waals surface area contributed by atoms with Crippen LogP contribution in [-0.2, 0) is 4.84 Å². The molecule has 0 heterocycles. The number of hydrogen-bond acceptors (Lipinski definition) is 3. The smallest absolute Gasteiger partial charge is 0.129 e. The third kappa shape index (κ3) is 4.52. The molecule has 1 aliphatic rings. The van der Waals surface area contributed by atoms with Crippen LogP contribution in [0.2, 0.25) is 0 Å². The van der Waals surface area contributed by atoms with Crippen LogP contribution in [-0.4, -0.2) is 37.9 Å². The molecule has 1 saturated carbocycles. The third-order valence-electron chi connectivity index (χ3n) is 3.18. The monoisotopic (exact) mass is 258 g/mol. The summed E-state index contributed by atoms with van der Waals surface area (Å²) in [6.07, 6.45) is 5.53. The first kappa shape index (κ1) is 13.8. The average molecular weight is 258 g/mol. The summed E-state index contributed by atoms with van der Waals surface area (Å²) < 4.78 is 0. The normalized spacial score (nSPS) is 19.5. The van der Waals surface area contributed by atoms with Crippen LogP contribution in [0.5, 0.6) is 0 Å². The van der Waals surface area contributed by atoms with Gasteiger partial charge in [0.15, 0.2) is 0 Å². The first-order chi connectivity index (χ1) is 9.25. The van der Waals surface area contributed by atoms with Gasteiger partial charge >= 0.3 is 0 Å². The standard InChI is InChI=1S/C16H22N2O/c1-18(2)11-12-19-17-16-10-6-9-15(16)13-14-7-4-3-5-8-14/h3-5,7-8,13H,6,9-12H2,1-2H3. The molecule has 0 aliphatic heterocycles.